The molecule has 0 radical (unpaired) electrons. The molecule has 0 saturated carbocycles. The summed E-state index contributed by atoms with van der Waals surface area (Å²) in [7, 11) is 4.63. The first kappa shape index (κ1) is 26.9. The van der Waals surface area contributed by atoms with Gasteiger partial charge in [0.2, 0.25) is 0 Å². The molecule has 10 nitrogen and oxygen atoms in total. The van der Waals surface area contributed by atoms with Gasteiger partial charge in [0, 0.05) is 48.5 Å². The third kappa shape index (κ3) is 5.26. The van der Waals surface area contributed by atoms with E-state index in [1.807, 2.05) is 18.2 Å². The highest BCUT2D eigenvalue weighted by atomic mass is 16.6. The van der Waals surface area contributed by atoms with Crippen molar-refractivity contribution in [1.29, 1.82) is 0 Å². The molecule has 1 heterocycles. The molecule has 4 rings (SSSR count). The standard InChI is InChI=1S/C28H30N2O8/c1-16-25(28(32)38-12-11-35-2)26(17-5-8-20(9-6-17)30(33)34)27-21(29-16)13-19(14-22(27)31)18-7-10-23(36-3)24(15-18)37-4/h5-10,15,19,26,29H,11-14H2,1-4H3/t19-,26-/m1/s1. The van der Waals surface area contributed by atoms with Crippen LogP contribution in [0.5, 0.6) is 11.5 Å². The Morgan fingerprint density at radius 1 is 1.00 bits per heavy atom. The number of allylic oxidation sites excluding steroid dienone is 3. The van der Waals surface area contributed by atoms with Crippen LogP contribution in [-0.4, -0.2) is 51.2 Å². The molecule has 0 bridgehead atoms. The molecule has 10 heteroatoms. The number of hydrogen-bond donors (Lipinski definition) is 1. The number of carbonyl (C=O) groups excluding carboxylic acids is 2. The Balaban J connectivity index is 1.75. The molecule has 0 spiro atoms. The quantitative estimate of drug-likeness (QED) is 0.223. The van der Waals surface area contributed by atoms with Crippen molar-refractivity contribution >= 4 is 17.4 Å². The molecule has 1 aliphatic carbocycles. The lowest BCUT2D eigenvalue weighted by molar-refractivity contribution is -0.384. The van der Waals surface area contributed by atoms with E-state index in [1.165, 1.54) is 19.2 Å². The van der Waals surface area contributed by atoms with Crippen LogP contribution >= 0.6 is 0 Å². The lowest BCUT2D eigenvalue weighted by atomic mass is 9.71. The number of nitrogens with one attached hydrogen (secondary N) is 1. The second-order valence-corrected chi connectivity index (χ2v) is 9.11. The highest BCUT2D eigenvalue weighted by molar-refractivity contribution is 6.04. The van der Waals surface area contributed by atoms with Gasteiger partial charge in [0.1, 0.15) is 6.61 Å². The smallest absolute Gasteiger partial charge is 0.336 e. The van der Waals surface area contributed by atoms with E-state index in [-0.39, 0.29) is 37.0 Å². The van der Waals surface area contributed by atoms with Gasteiger partial charge in [-0.15, -0.1) is 0 Å². The van der Waals surface area contributed by atoms with Gasteiger partial charge in [-0.05, 0) is 42.5 Å². The second-order valence-electron chi connectivity index (χ2n) is 9.11. The Labute approximate surface area is 220 Å². The zero-order valence-electron chi connectivity index (χ0n) is 21.7. The number of esters is 1. The van der Waals surface area contributed by atoms with Crippen LogP contribution in [0.25, 0.3) is 0 Å². The number of Topliss-reactive ketones (excluding diaryl/α,β-unsaturated/α-hetero) is 1. The molecule has 0 fully saturated rings. The van der Waals surface area contributed by atoms with E-state index >= 15 is 0 Å². The number of dihydropyridines is 1. The van der Waals surface area contributed by atoms with Crippen molar-refractivity contribution in [3.05, 3.63) is 86.2 Å². The fourth-order valence-corrected chi connectivity index (χ4v) is 5.07. The van der Waals surface area contributed by atoms with Gasteiger partial charge in [0.25, 0.3) is 5.69 Å². The number of nitro groups is 1. The summed E-state index contributed by atoms with van der Waals surface area (Å²) in [5.41, 5.74) is 3.51. The molecule has 0 aromatic heterocycles. The van der Waals surface area contributed by atoms with Crippen LogP contribution in [0.3, 0.4) is 0 Å². The molecular weight excluding hydrogens is 492 g/mol. The molecule has 200 valence electrons. The van der Waals surface area contributed by atoms with Crippen LogP contribution < -0.4 is 14.8 Å². The molecule has 0 amide bonds. The van der Waals surface area contributed by atoms with Gasteiger partial charge in [0.15, 0.2) is 17.3 Å². The van der Waals surface area contributed by atoms with Crippen LogP contribution in [0.1, 0.15) is 42.7 Å². The van der Waals surface area contributed by atoms with Crippen molar-refractivity contribution in [1.82, 2.24) is 5.32 Å². The highest BCUT2D eigenvalue weighted by Gasteiger charge is 2.41. The van der Waals surface area contributed by atoms with E-state index < -0.39 is 16.8 Å². The fourth-order valence-electron chi connectivity index (χ4n) is 5.07. The lowest BCUT2D eigenvalue weighted by Gasteiger charge is -2.36. The van der Waals surface area contributed by atoms with Crippen molar-refractivity contribution in [2.45, 2.75) is 31.6 Å². The third-order valence-electron chi connectivity index (χ3n) is 6.88. The van der Waals surface area contributed by atoms with Gasteiger partial charge in [-0.2, -0.15) is 0 Å². The molecule has 2 aromatic carbocycles. The Hall–Kier alpha value is -4.18. The summed E-state index contributed by atoms with van der Waals surface area (Å²) >= 11 is 0. The SMILES string of the molecule is COCCOC(=O)C1=C(C)NC2=C(C(=O)C[C@H](c3ccc(OC)c(OC)c3)C2)[C@@H]1c1ccc([N+](=O)[O-])cc1. The topological polar surface area (TPSA) is 126 Å². The number of ketones is 1. The van der Waals surface area contributed by atoms with Crippen LogP contribution in [0.15, 0.2) is 65.0 Å². The van der Waals surface area contributed by atoms with Gasteiger partial charge in [0.05, 0.1) is 31.3 Å². The molecule has 1 aliphatic heterocycles. The van der Waals surface area contributed by atoms with E-state index in [0.29, 0.717) is 40.3 Å². The lowest BCUT2D eigenvalue weighted by Crippen LogP contribution is -2.36. The van der Waals surface area contributed by atoms with Crippen LogP contribution in [-0.2, 0) is 19.1 Å². The van der Waals surface area contributed by atoms with Crippen molar-refractivity contribution in [3.8, 4) is 11.5 Å². The minimum Gasteiger partial charge on any atom is -0.493 e. The van der Waals surface area contributed by atoms with E-state index in [0.717, 1.165) is 11.3 Å². The number of rotatable bonds is 9. The van der Waals surface area contributed by atoms with E-state index in [2.05, 4.69) is 5.32 Å². The number of non-ortho nitro benzene ring substituents is 1. The Kier molecular flexibility index (Phi) is 8.11. The number of benzene rings is 2. The normalized spacial score (nSPS) is 19.0. The van der Waals surface area contributed by atoms with Gasteiger partial charge < -0.3 is 24.3 Å². The Bertz CT molecular complexity index is 1310. The maximum absolute atomic E-state index is 13.7. The third-order valence-corrected chi connectivity index (χ3v) is 6.88. The maximum Gasteiger partial charge on any atom is 0.336 e. The zero-order chi connectivity index (χ0) is 27.4. The van der Waals surface area contributed by atoms with Gasteiger partial charge in [-0.25, -0.2) is 4.79 Å². The number of nitrogens with zero attached hydrogens (tertiary/aromatic N) is 1. The average molecular weight is 523 g/mol. The summed E-state index contributed by atoms with van der Waals surface area (Å²) < 4.78 is 21.2. The summed E-state index contributed by atoms with van der Waals surface area (Å²) in [6, 6.07) is 11.5. The monoisotopic (exact) mass is 522 g/mol. The van der Waals surface area contributed by atoms with Crippen LogP contribution in [0.4, 0.5) is 5.69 Å². The molecule has 2 aliphatic rings. The van der Waals surface area contributed by atoms with E-state index in [4.69, 9.17) is 18.9 Å². The predicted molar refractivity (Wildman–Crippen MR) is 138 cm³/mol. The van der Waals surface area contributed by atoms with E-state index in [9.17, 15) is 19.7 Å². The molecule has 1 N–H and O–H groups in total. The average Bonchev–Trinajstić information content (AvgIpc) is 2.91. The number of methoxy groups -OCH3 is 3. The summed E-state index contributed by atoms with van der Waals surface area (Å²) in [4.78, 5) is 37.7. The minimum absolute atomic E-state index is 0.0559. The first-order chi connectivity index (χ1) is 18.3. The maximum atomic E-state index is 13.7. The Morgan fingerprint density at radius 3 is 2.32 bits per heavy atom. The summed E-state index contributed by atoms with van der Waals surface area (Å²) in [6.45, 7) is 2.05. The largest absolute Gasteiger partial charge is 0.493 e. The Morgan fingerprint density at radius 2 is 1.68 bits per heavy atom. The van der Waals surface area contributed by atoms with E-state index in [1.54, 1.807) is 33.3 Å². The molecule has 0 unspecified atom stereocenters. The van der Waals surface area contributed by atoms with Crippen molar-refractivity contribution in [3.63, 3.8) is 0 Å². The van der Waals surface area contributed by atoms with Gasteiger partial charge in [-0.1, -0.05) is 18.2 Å². The highest BCUT2D eigenvalue weighted by Crippen LogP contribution is 2.46. The number of carbonyl (C=O) groups is 2. The summed E-state index contributed by atoms with van der Waals surface area (Å²) in [5, 5.41) is 14.5. The molecular formula is C28H30N2O8. The second kappa shape index (κ2) is 11.5. The van der Waals surface area contributed by atoms with Gasteiger partial charge >= 0.3 is 5.97 Å². The minimum atomic E-state index is -0.721. The number of hydrogen-bond acceptors (Lipinski definition) is 9. The zero-order valence-corrected chi connectivity index (χ0v) is 21.7. The molecule has 2 atom stereocenters. The first-order valence-electron chi connectivity index (χ1n) is 12.1. The molecule has 38 heavy (non-hydrogen) atoms. The van der Waals surface area contributed by atoms with Crippen molar-refractivity contribution < 1.29 is 33.5 Å². The number of nitro benzene ring substituents is 1. The van der Waals surface area contributed by atoms with Crippen molar-refractivity contribution in [2.75, 3.05) is 34.5 Å². The predicted octanol–water partition coefficient (Wildman–Crippen LogP) is 4.16. The van der Waals surface area contributed by atoms with Crippen LogP contribution in [0, 0.1) is 10.1 Å². The van der Waals surface area contributed by atoms with Crippen molar-refractivity contribution in [2.24, 2.45) is 0 Å². The van der Waals surface area contributed by atoms with Crippen LogP contribution in [0.2, 0.25) is 0 Å². The summed E-state index contributed by atoms with van der Waals surface area (Å²) in [5.74, 6) is -0.346. The van der Waals surface area contributed by atoms with Gasteiger partial charge in [-0.3, -0.25) is 14.9 Å². The number of ether oxygens (including phenoxy) is 4. The first-order valence-corrected chi connectivity index (χ1v) is 12.1. The molecule has 0 saturated heterocycles. The molecule has 2 aromatic rings. The fraction of sp³-hybridized carbons (Fsp3) is 0.357. The summed E-state index contributed by atoms with van der Waals surface area (Å²) in [6.07, 6.45) is 0.758.